The van der Waals surface area contributed by atoms with Gasteiger partial charge in [0.1, 0.15) is 4.90 Å². The highest BCUT2D eigenvalue weighted by Gasteiger charge is 2.34. The zero-order chi connectivity index (χ0) is 18.6. The van der Waals surface area contributed by atoms with Gasteiger partial charge in [0.15, 0.2) is 5.84 Å². The lowest BCUT2D eigenvalue weighted by Crippen LogP contribution is -2.44. The number of hydrogen-bond donors (Lipinski definition) is 2. The summed E-state index contributed by atoms with van der Waals surface area (Å²) in [6, 6.07) is 6.91. The molecule has 1 amide bonds. The van der Waals surface area contributed by atoms with Gasteiger partial charge in [0.05, 0.1) is 0 Å². The summed E-state index contributed by atoms with van der Waals surface area (Å²) >= 11 is 0. The fourth-order valence-electron chi connectivity index (χ4n) is 3.39. The molecule has 0 radical (unpaired) electrons. The number of nitrogens with one attached hydrogen (secondary N) is 2. The summed E-state index contributed by atoms with van der Waals surface area (Å²) < 4.78 is 28.3. The molecule has 2 heterocycles. The Bertz CT molecular complexity index is 790. The molecule has 3 rings (SSSR count). The van der Waals surface area contributed by atoms with Crippen molar-refractivity contribution < 1.29 is 13.2 Å². The number of amidine groups is 1. The van der Waals surface area contributed by atoms with Gasteiger partial charge in [-0.05, 0) is 37.9 Å². The number of carbonyl (C=O) groups excluding carboxylic acids is 1. The summed E-state index contributed by atoms with van der Waals surface area (Å²) in [7, 11) is -3.59. The summed E-state index contributed by atoms with van der Waals surface area (Å²) in [5, 5.41) is 6.24. The van der Waals surface area contributed by atoms with Gasteiger partial charge in [0.25, 0.3) is 10.0 Å². The number of carbonyl (C=O) groups is 1. The van der Waals surface area contributed by atoms with Crippen LogP contribution in [0.1, 0.15) is 31.7 Å². The van der Waals surface area contributed by atoms with E-state index in [9.17, 15) is 13.2 Å². The largest absolute Gasteiger partial charge is 0.355 e. The molecule has 0 bridgehead atoms. The monoisotopic (exact) mass is 414 g/mol. The van der Waals surface area contributed by atoms with Crippen LogP contribution in [-0.2, 0) is 14.8 Å². The molecule has 0 aromatic heterocycles. The summed E-state index contributed by atoms with van der Waals surface area (Å²) in [6.45, 7) is 5.75. The number of benzene rings is 1. The normalized spacial score (nSPS) is 18.4. The number of piperidine rings is 1. The van der Waals surface area contributed by atoms with Crippen LogP contribution in [-0.4, -0.2) is 57.8 Å². The van der Waals surface area contributed by atoms with E-state index < -0.39 is 10.0 Å². The molecule has 0 saturated carbocycles. The smallest absolute Gasteiger partial charge is 0.285 e. The quantitative estimate of drug-likeness (QED) is 0.686. The zero-order valence-corrected chi connectivity index (χ0v) is 17.1. The van der Waals surface area contributed by atoms with E-state index in [1.54, 1.807) is 18.2 Å². The molecule has 0 atom stereocenters. The van der Waals surface area contributed by atoms with E-state index in [0.717, 1.165) is 19.5 Å². The highest BCUT2D eigenvalue weighted by atomic mass is 35.5. The Labute approximate surface area is 167 Å². The number of likely N-dealkylation sites (tertiary alicyclic amines) is 1. The second kappa shape index (κ2) is 9.52. The molecule has 1 saturated heterocycles. The van der Waals surface area contributed by atoms with Crippen molar-refractivity contribution in [2.45, 2.75) is 31.1 Å². The lowest BCUT2D eigenvalue weighted by Gasteiger charge is -2.32. The van der Waals surface area contributed by atoms with Gasteiger partial charge < -0.3 is 15.5 Å². The van der Waals surface area contributed by atoms with Crippen molar-refractivity contribution in [3.05, 3.63) is 29.8 Å². The maximum atomic E-state index is 12.3. The molecule has 7 nitrogen and oxygen atoms in total. The van der Waals surface area contributed by atoms with Crippen LogP contribution in [0.15, 0.2) is 33.6 Å². The second-order valence-corrected chi connectivity index (χ2v) is 8.26. The maximum absolute atomic E-state index is 12.3. The zero-order valence-electron chi connectivity index (χ0n) is 15.5. The molecule has 2 aliphatic rings. The Kier molecular flexibility index (Phi) is 7.64. The van der Waals surface area contributed by atoms with Gasteiger partial charge in [-0.1, -0.05) is 19.1 Å². The van der Waals surface area contributed by atoms with Gasteiger partial charge in [-0.3, -0.25) is 4.79 Å². The first-order chi connectivity index (χ1) is 12.5. The summed E-state index contributed by atoms with van der Waals surface area (Å²) in [5.41, 5.74) is 0.664. The van der Waals surface area contributed by atoms with E-state index in [0.29, 0.717) is 43.9 Å². The van der Waals surface area contributed by atoms with Crippen LogP contribution in [0.5, 0.6) is 0 Å². The fourth-order valence-corrected chi connectivity index (χ4v) is 4.62. The summed E-state index contributed by atoms with van der Waals surface area (Å²) in [5.74, 6) is 0.582. The standard InChI is InChI=1S/C18H26N4O3S.ClH/c1-2-9-19-10-11-20-18(23)14-7-12-22(13-8-14)17-15-5-3-4-6-16(15)26(24,25)21-17;/h3-6,14,19H,2,7-13H2,1H3,(H,20,23);1H. The lowest BCUT2D eigenvalue weighted by atomic mass is 9.95. The minimum atomic E-state index is -3.59. The molecule has 150 valence electrons. The van der Waals surface area contributed by atoms with Gasteiger partial charge in [-0.15, -0.1) is 16.8 Å². The van der Waals surface area contributed by atoms with Crippen molar-refractivity contribution in [2.24, 2.45) is 10.3 Å². The predicted molar refractivity (Wildman–Crippen MR) is 108 cm³/mol. The summed E-state index contributed by atoms with van der Waals surface area (Å²) in [4.78, 5) is 14.5. The maximum Gasteiger partial charge on any atom is 0.285 e. The van der Waals surface area contributed by atoms with Gasteiger partial charge in [-0.25, -0.2) is 0 Å². The molecule has 0 unspecified atom stereocenters. The lowest BCUT2D eigenvalue weighted by molar-refractivity contribution is -0.126. The molecule has 0 aliphatic carbocycles. The first kappa shape index (κ1) is 21.7. The fraction of sp³-hybridized carbons (Fsp3) is 0.556. The molecular weight excluding hydrogens is 388 g/mol. The van der Waals surface area contributed by atoms with Crippen molar-refractivity contribution in [2.75, 3.05) is 32.7 Å². The van der Waals surface area contributed by atoms with Crippen LogP contribution in [0.2, 0.25) is 0 Å². The van der Waals surface area contributed by atoms with Crippen molar-refractivity contribution in [3.63, 3.8) is 0 Å². The van der Waals surface area contributed by atoms with Crippen LogP contribution in [0, 0.1) is 5.92 Å². The first-order valence-corrected chi connectivity index (χ1v) is 10.6. The Morgan fingerprint density at radius 2 is 1.89 bits per heavy atom. The minimum Gasteiger partial charge on any atom is -0.355 e. The van der Waals surface area contributed by atoms with Crippen LogP contribution in [0.3, 0.4) is 0 Å². The molecule has 2 N–H and O–H groups in total. The highest BCUT2D eigenvalue weighted by Crippen LogP contribution is 2.29. The van der Waals surface area contributed by atoms with Crippen LogP contribution < -0.4 is 10.6 Å². The predicted octanol–water partition coefficient (Wildman–Crippen LogP) is 1.39. The van der Waals surface area contributed by atoms with Crippen molar-refractivity contribution in [1.82, 2.24) is 15.5 Å². The number of halogens is 1. The van der Waals surface area contributed by atoms with Crippen molar-refractivity contribution >= 4 is 34.2 Å². The van der Waals surface area contributed by atoms with Crippen molar-refractivity contribution in [3.8, 4) is 0 Å². The molecule has 27 heavy (non-hydrogen) atoms. The number of sulfonamides is 1. The van der Waals surface area contributed by atoms with E-state index in [1.807, 2.05) is 11.0 Å². The number of nitrogens with zero attached hydrogens (tertiary/aromatic N) is 2. The van der Waals surface area contributed by atoms with E-state index in [2.05, 4.69) is 22.0 Å². The topological polar surface area (TPSA) is 90.9 Å². The molecule has 0 spiro atoms. The Morgan fingerprint density at radius 3 is 2.59 bits per heavy atom. The molecular formula is C18H27ClN4O3S. The van der Waals surface area contributed by atoms with Crippen LogP contribution in [0.25, 0.3) is 0 Å². The van der Waals surface area contributed by atoms with E-state index >= 15 is 0 Å². The SMILES string of the molecule is CCCNCCNC(=O)C1CCN(C2=NS(=O)(=O)c3ccccc32)CC1.Cl. The Hall–Kier alpha value is -1.64. The third-order valence-corrected chi connectivity index (χ3v) is 6.13. The Morgan fingerprint density at radius 1 is 1.19 bits per heavy atom. The van der Waals surface area contributed by atoms with Crippen molar-refractivity contribution in [1.29, 1.82) is 0 Å². The number of hydrogen-bond acceptors (Lipinski definition) is 5. The van der Waals surface area contributed by atoms with E-state index in [1.165, 1.54) is 0 Å². The molecule has 9 heteroatoms. The summed E-state index contributed by atoms with van der Waals surface area (Å²) in [6.07, 6.45) is 2.49. The highest BCUT2D eigenvalue weighted by molar-refractivity contribution is 7.90. The van der Waals surface area contributed by atoms with Gasteiger partial charge >= 0.3 is 0 Å². The third kappa shape index (κ3) is 5.00. The molecule has 1 aromatic carbocycles. The number of amides is 1. The molecule has 1 fully saturated rings. The average molecular weight is 415 g/mol. The van der Waals surface area contributed by atoms with E-state index in [4.69, 9.17) is 0 Å². The van der Waals surface area contributed by atoms with E-state index in [-0.39, 0.29) is 29.1 Å². The van der Waals surface area contributed by atoms with Gasteiger partial charge in [-0.2, -0.15) is 8.42 Å². The second-order valence-electron chi connectivity index (χ2n) is 6.69. The van der Waals surface area contributed by atoms with Crippen LogP contribution in [0.4, 0.5) is 0 Å². The average Bonchev–Trinajstić information content (AvgIpc) is 2.93. The third-order valence-electron chi connectivity index (χ3n) is 4.81. The minimum absolute atomic E-state index is 0. The molecule has 2 aliphatic heterocycles. The van der Waals surface area contributed by atoms with Crippen LogP contribution >= 0.6 is 12.4 Å². The first-order valence-electron chi connectivity index (χ1n) is 9.20. The van der Waals surface area contributed by atoms with Gasteiger partial charge in [0.2, 0.25) is 5.91 Å². The number of fused-ring (bicyclic) bond motifs is 1. The van der Waals surface area contributed by atoms with Gasteiger partial charge in [0, 0.05) is 37.7 Å². The number of rotatable bonds is 6. The molecule has 1 aromatic rings. The Balaban J connectivity index is 0.00000261.